The van der Waals surface area contributed by atoms with Gasteiger partial charge in [-0.1, -0.05) is 262 Å². The van der Waals surface area contributed by atoms with Gasteiger partial charge in [0.05, 0.1) is 0 Å². The predicted molar refractivity (Wildman–Crippen MR) is 491 cm³/mol. The Morgan fingerprint density at radius 1 is 0.250 bits per heavy atom. The highest BCUT2D eigenvalue weighted by Crippen LogP contribution is 2.73. The molecule has 12 saturated carbocycles. The van der Waals surface area contributed by atoms with Crippen LogP contribution in [-0.2, 0) is 0 Å². The molecule has 16 aliphatic rings. The molecule has 0 aliphatic heterocycles. The highest BCUT2D eigenvalue weighted by molar-refractivity contribution is 6.21. The van der Waals surface area contributed by atoms with E-state index in [0.29, 0.717) is 64.8 Å². The first-order valence-electron chi connectivity index (χ1n) is 50.4. The number of hydrogen-bond donors (Lipinski definition) is 0. The normalized spacial score (nSPS) is 46.5. The molecule has 0 nitrogen and oxygen atoms in total. The fraction of sp³-hybridized carbons (Fsp3) is 0.926. The number of alkyl halides is 4. The Bertz CT molecular complexity index is 2780. The standard InChI is InChI=1S/4C27H45Cl/c4*1-18(2)7-6-8-19(3)23-11-12-24-22-10-9-20-17-21(28)13-15-26(20,4)25(22)14-16-27(23,24)5/h4*9,18-19,21-25H,6-8,10-17H2,1-5H3/t4*19-,21+,22+,23-,24+,25+,26+,27-/m1111/s1. The molecule has 112 heavy (non-hydrogen) atoms. The van der Waals surface area contributed by atoms with E-state index in [4.69, 9.17) is 46.4 Å². The molecule has 12 fully saturated rings. The minimum atomic E-state index is 0.396. The molecule has 0 N–H and O–H groups in total. The molecule has 0 saturated heterocycles. The molecule has 0 aromatic heterocycles. The quantitative estimate of drug-likeness (QED) is 0.0842. The van der Waals surface area contributed by atoms with Crippen molar-refractivity contribution in [3.63, 3.8) is 0 Å². The summed E-state index contributed by atoms with van der Waals surface area (Å²) in [5, 5.41) is 1.58. The Morgan fingerprint density at radius 2 is 0.446 bits per heavy atom. The van der Waals surface area contributed by atoms with Gasteiger partial charge in [0, 0.05) is 21.5 Å². The second kappa shape index (κ2) is 36.5. The average molecular weight is 1620 g/mol. The fourth-order valence-electron chi connectivity index (χ4n) is 34.6. The van der Waals surface area contributed by atoms with E-state index in [1.807, 2.05) is 0 Å². The molecule has 0 spiro atoms. The molecular formula is C108H180Cl4. The maximum absolute atomic E-state index is 6.56. The lowest BCUT2D eigenvalue weighted by molar-refractivity contribution is -0.0499. The van der Waals surface area contributed by atoms with Crippen LogP contribution in [-0.4, -0.2) is 21.5 Å². The van der Waals surface area contributed by atoms with Crippen LogP contribution in [0.5, 0.6) is 0 Å². The van der Waals surface area contributed by atoms with Gasteiger partial charge in [-0.15, -0.1) is 46.4 Å². The van der Waals surface area contributed by atoms with Crippen LogP contribution >= 0.6 is 46.4 Å². The molecular weight excluding hydrogens is 1440 g/mol. The molecule has 0 aromatic carbocycles. The van der Waals surface area contributed by atoms with E-state index in [1.165, 1.54) is 283 Å². The molecule has 16 rings (SSSR count). The molecule has 640 valence electrons. The van der Waals surface area contributed by atoms with Crippen molar-refractivity contribution in [1.82, 2.24) is 0 Å². The summed E-state index contributed by atoms with van der Waals surface area (Å²) >= 11 is 26.2. The van der Waals surface area contributed by atoms with Gasteiger partial charge in [-0.25, -0.2) is 0 Å². The Morgan fingerprint density at radius 3 is 0.634 bits per heavy atom. The number of allylic oxidation sites excluding steroid dienone is 8. The van der Waals surface area contributed by atoms with Gasteiger partial charge in [-0.2, -0.15) is 0 Å². The number of fused-ring (bicyclic) bond motifs is 20. The first-order chi connectivity index (χ1) is 53.0. The summed E-state index contributed by atoms with van der Waals surface area (Å²) in [7, 11) is 0. The summed E-state index contributed by atoms with van der Waals surface area (Å²) in [5.41, 5.74) is 11.3. The highest BCUT2D eigenvalue weighted by atomic mass is 35.5. The summed E-state index contributed by atoms with van der Waals surface area (Å²) in [4.78, 5) is 0. The van der Waals surface area contributed by atoms with E-state index >= 15 is 0 Å². The Balaban J connectivity index is 0.000000131. The zero-order valence-electron chi connectivity index (χ0n) is 77.1. The van der Waals surface area contributed by atoms with E-state index in [0.717, 1.165) is 142 Å². The maximum Gasteiger partial charge on any atom is 0.0373 e. The first kappa shape index (κ1) is 89.9. The van der Waals surface area contributed by atoms with Gasteiger partial charge in [-0.05, 0) is 391 Å². The Hall–Kier alpha value is 0.120. The minimum Gasteiger partial charge on any atom is -0.123 e. The van der Waals surface area contributed by atoms with Crippen LogP contribution in [0.25, 0.3) is 0 Å². The smallest absolute Gasteiger partial charge is 0.0373 e. The summed E-state index contributed by atoms with van der Waals surface area (Å²) in [6.07, 6.45) is 72.2. The molecule has 0 aromatic rings. The third-order valence-corrected chi connectivity index (χ3v) is 42.5. The van der Waals surface area contributed by atoms with Gasteiger partial charge < -0.3 is 0 Å². The van der Waals surface area contributed by atoms with Crippen LogP contribution in [0.3, 0.4) is 0 Å². The number of rotatable bonds is 20. The van der Waals surface area contributed by atoms with Crippen LogP contribution in [0, 0.1) is 185 Å². The predicted octanol–water partition coefficient (Wildman–Crippen LogP) is 34.5. The Kier molecular flexibility index (Phi) is 29.3. The van der Waals surface area contributed by atoms with Crippen LogP contribution < -0.4 is 0 Å². The molecule has 16 aliphatic carbocycles. The number of hydrogen-bond acceptors (Lipinski definition) is 0. The minimum absolute atomic E-state index is 0.396. The van der Waals surface area contributed by atoms with Gasteiger partial charge in [0.25, 0.3) is 0 Å². The third kappa shape index (κ3) is 17.7. The summed E-state index contributed by atoms with van der Waals surface area (Å²) in [5.74, 6) is 22.5. The maximum atomic E-state index is 6.56. The topological polar surface area (TPSA) is 0 Å². The monoisotopic (exact) mass is 1620 g/mol. The third-order valence-electron chi connectivity index (χ3n) is 41.0. The van der Waals surface area contributed by atoms with E-state index in [2.05, 4.69) is 163 Å². The summed E-state index contributed by atoms with van der Waals surface area (Å²) < 4.78 is 0. The van der Waals surface area contributed by atoms with Crippen molar-refractivity contribution in [3.8, 4) is 0 Å². The van der Waals surface area contributed by atoms with Gasteiger partial charge >= 0.3 is 0 Å². The van der Waals surface area contributed by atoms with Crippen molar-refractivity contribution in [1.29, 1.82) is 0 Å². The molecule has 0 unspecified atom stereocenters. The van der Waals surface area contributed by atoms with E-state index < -0.39 is 0 Å². The lowest BCUT2D eigenvalue weighted by Gasteiger charge is -2.58. The molecule has 0 amide bonds. The van der Waals surface area contributed by atoms with Crippen LogP contribution in [0.15, 0.2) is 46.6 Å². The molecule has 0 bridgehead atoms. The average Bonchev–Trinajstić information content (AvgIpc) is 1.39. The summed E-state index contributed by atoms with van der Waals surface area (Å²) in [6, 6.07) is 0. The van der Waals surface area contributed by atoms with Crippen molar-refractivity contribution in [2.75, 3.05) is 0 Å². The summed E-state index contributed by atoms with van der Waals surface area (Å²) in [6.45, 7) is 50.7. The van der Waals surface area contributed by atoms with Crippen molar-refractivity contribution < 1.29 is 0 Å². The van der Waals surface area contributed by atoms with Crippen molar-refractivity contribution in [3.05, 3.63) is 46.6 Å². The lowest BCUT2D eigenvalue weighted by atomic mass is 9.47. The van der Waals surface area contributed by atoms with E-state index in [-0.39, 0.29) is 0 Å². The van der Waals surface area contributed by atoms with Crippen LogP contribution in [0.4, 0.5) is 0 Å². The van der Waals surface area contributed by atoms with Gasteiger partial charge in [0.1, 0.15) is 0 Å². The zero-order valence-corrected chi connectivity index (χ0v) is 80.1. The van der Waals surface area contributed by atoms with Crippen molar-refractivity contribution >= 4 is 46.4 Å². The first-order valence-corrected chi connectivity index (χ1v) is 52.1. The molecule has 4 heteroatoms. The Labute approximate surface area is 715 Å². The molecule has 0 radical (unpaired) electrons. The lowest BCUT2D eigenvalue weighted by Crippen LogP contribution is -2.50. The second-order valence-corrected chi connectivity index (χ2v) is 51.0. The van der Waals surface area contributed by atoms with Gasteiger partial charge in [0.15, 0.2) is 0 Å². The van der Waals surface area contributed by atoms with Crippen molar-refractivity contribution in [2.24, 2.45) is 185 Å². The van der Waals surface area contributed by atoms with E-state index in [1.54, 1.807) is 22.3 Å². The van der Waals surface area contributed by atoms with Gasteiger partial charge in [-0.3, -0.25) is 0 Å². The van der Waals surface area contributed by atoms with Crippen LogP contribution in [0.1, 0.15) is 421 Å². The van der Waals surface area contributed by atoms with Crippen molar-refractivity contribution in [2.45, 2.75) is 442 Å². The zero-order chi connectivity index (χ0) is 80.4. The van der Waals surface area contributed by atoms with Gasteiger partial charge in [0.2, 0.25) is 0 Å². The molecule has 0 heterocycles. The highest BCUT2D eigenvalue weighted by Gasteiger charge is 2.64. The number of halogens is 4. The fourth-order valence-corrected chi connectivity index (χ4v) is 35.7. The second-order valence-electron chi connectivity index (χ2n) is 48.5. The SMILES string of the molecule is CC(C)CCC[C@@H](C)[C@H]1CC[C@H]2[C@@H]3CC=C4C[C@@H](Cl)CC[C@]4(C)[C@H]3CC[C@]12C.CC(C)CCC[C@@H](C)[C@H]1CC[C@H]2[C@@H]3CC=C4C[C@@H](Cl)CC[C@]4(C)[C@H]3CC[C@]12C.CC(C)CCC[C@@H](C)[C@H]1CC[C@H]2[C@@H]3CC=C4C[C@@H](Cl)CC[C@]4(C)[C@H]3CC[C@]12C.CC(C)CCC[C@@H](C)[C@H]1CC[C@H]2[C@@H]3CC=C4C[C@@H](Cl)CC[C@]4(C)[C@H]3CC[C@]12C. The largest absolute Gasteiger partial charge is 0.123 e. The van der Waals surface area contributed by atoms with E-state index in [9.17, 15) is 0 Å². The van der Waals surface area contributed by atoms with Crippen LogP contribution in [0.2, 0.25) is 0 Å². The molecule has 32 atom stereocenters.